The summed E-state index contributed by atoms with van der Waals surface area (Å²) in [6.45, 7) is 3.27. The second-order valence-corrected chi connectivity index (χ2v) is 6.64. The molecule has 3 atom stereocenters. The van der Waals surface area contributed by atoms with Gasteiger partial charge in [0.1, 0.15) is 5.69 Å². The van der Waals surface area contributed by atoms with Crippen LogP contribution in [0.15, 0.2) is 28.8 Å². The van der Waals surface area contributed by atoms with Crippen LogP contribution < -0.4 is 5.32 Å². The van der Waals surface area contributed by atoms with Gasteiger partial charge in [0.2, 0.25) is 0 Å². The van der Waals surface area contributed by atoms with Gasteiger partial charge >= 0.3 is 0 Å². The zero-order chi connectivity index (χ0) is 14.2. The fraction of sp³-hybridized carbons (Fsp3) is 0.562. The molecule has 0 saturated carbocycles. The third kappa shape index (κ3) is 2.56. The summed E-state index contributed by atoms with van der Waals surface area (Å²) in [5.41, 5.74) is 2.12. The van der Waals surface area contributed by atoms with Gasteiger partial charge in [-0.1, -0.05) is 23.4 Å². The van der Waals surface area contributed by atoms with Crippen molar-refractivity contribution in [2.24, 2.45) is 0 Å². The lowest BCUT2D eigenvalue weighted by Crippen LogP contribution is -2.48. The Morgan fingerprint density at radius 1 is 1.38 bits per heavy atom. The number of halogens is 1. The summed E-state index contributed by atoms with van der Waals surface area (Å²) in [7, 11) is 0. The van der Waals surface area contributed by atoms with Crippen LogP contribution in [0.4, 0.5) is 0 Å². The first-order chi connectivity index (χ1) is 10.3. The van der Waals surface area contributed by atoms with Crippen molar-refractivity contribution in [2.45, 2.75) is 36.7 Å². The highest BCUT2D eigenvalue weighted by Crippen LogP contribution is 2.37. The lowest BCUT2D eigenvalue weighted by atomic mass is 10.0. The van der Waals surface area contributed by atoms with Gasteiger partial charge in [-0.25, -0.2) is 0 Å². The number of hydrogen-bond acceptors (Lipinski definition) is 4. The minimum Gasteiger partial charge on any atom is -0.356 e. The molecule has 4 nitrogen and oxygen atoms in total. The lowest BCUT2D eigenvalue weighted by molar-refractivity contribution is 0.157. The predicted molar refractivity (Wildman–Crippen MR) is 83.2 cm³/mol. The highest BCUT2D eigenvalue weighted by Gasteiger charge is 2.37. The largest absolute Gasteiger partial charge is 0.356 e. The summed E-state index contributed by atoms with van der Waals surface area (Å²) in [5, 5.41) is 7.86. The minimum atomic E-state index is 0.0579. The van der Waals surface area contributed by atoms with Crippen molar-refractivity contribution in [2.75, 3.05) is 19.6 Å². The topological polar surface area (TPSA) is 41.3 Å². The number of hydrogen-bond donors (Lipinski definition) is 1. The smallest absolute Gasteiger partial charge is 0.166 e. The lowest BCUT2D eigenvalue weighted by Gasteiger charge is -2.33. The molecule has 0 spiro atoms. The molecule has 0 amide bonds. The zero-order valence-electron chi connectivity index (χ0n) is 12.0. The van der Waals surface area contributed by atoms with Gasteiger partial charge < -0.3 is 9.84 Å². The van der Waals surface area contributed by atoms with E-state index in [1.165, 1.54) is 12.8 Å². The van der Waals surface area contributed by atoms with Gasteiger partial charge in [-0.2, -0.15) is 0 Å². The van der Waals surface area contributed by atoms with Gasteiger partial charge in [-0.3, -0.25) is 4.90 Å². The molecule has 0 radical (unpaired) electrons. The van der Waals surface area contributed by atoms with Gasteiger partial charge in [-0.05, 0) is 19.3 Å². The van der Waals surface area contributed by atoms with Crippen LogP contribution in [0.25, 0.3) is 5.57 Å². The Morgan fingerprint density at radius 2 is 2.33 bits per heavy atom. The molecule has 21 heavy (non-hydrogen) atoms. The zero-order valence-corrected chi connectivity index (χ0v) is 12.7. The number of rotatable bonds is 2. The number of fused-ring (bicyclic) bond motifs is 1. The van der Waals surface area contributed by atoms with Crippen molar-refractivity contribution >= 4 is 17.2 Å². The van der Waals surface area contributed by atoms with E-state index in [1.807, 2.05) is 6.08 Å². The highest BCUT2D eigenvalue weighted by atomic mass is 35.5. The van der Waals surface area contributed by atoms with Gasteiger partial charge in [0, 0.05) is 37.3 Å². The summed E-state index contributed by atoms with van der Waals surface area (Å²) in [4.78, 5) is 2.58. The average molecular weight is 306 g/mol. The maximum Gasteiger partial charge on any atom is 0.166 e. The summed E-state index contributed by atoms with van der Waals surface area (Å²) >= 11 is 6.18. The van der Waals surface area contributed by atoms with Gasteiger partial charge in [0.25, 0.3) is 0 Å². The predicted octanol–water partition coefficient (Wildman–Crippen LogP) is 2.73. The molecule has 2 saturated heterocycles. The van der Waals surface area contributed by atoms with Gasteiger partial charge in [0.05, 0.1) is 11.4 Å². The van der Waals surface area contributed by atoms with Crippen LogP contribution in [0.3, 0.4) is 0 Å². The monoisotopic (exact) mass is 305 g/mol. The first-order valence-corrected chi connectivity index (χ1v) is 8.21. The molecular formula is C16H20ClN3O. The molecule has 1 aromatic heterocycles. The molecule has 1 aliphatic carbocycles. The third-order valence-corrected chi connectivity index (χ3v) is 5.05. The standard InChI is InChI=1S/C16H20ClN3O/c17-12-3-1-2-11(8-12)16-9-14(19-21-16)15-5-4-13-10-18-6-7-20(13)15/h1-2,8-9,12-13,15,18H,3-7,10H2/t12?,13-,15+/m0/s1. The molecule has 3 heterocycles. The van der Waals surface area contributed by atoms with Crippen molar-refractivity contribution in [1.29, 1.82) is 0 Å². The Hall–Kier alpha value is -1.10. The van der Waals surface area contributed by atoms with E-state index in [0.717, 1.165) is 43.1 Å². The minimum absolute atomic E-state index is 0.0579. The van der Waals surface area contributed by atoms with Crippen LogP contribution in [-0.2, 0) is 0 Å². The first-order valence-electron chi connectivity index (χ1n) is 7.77. The van der Waals surface area contributed by atoms with E-state index in [-0.39, 0.29) is 5.38 Å². The summed E-state index contributed by atoms with van der Waals surface area (Å²) in [6.07, 6.45) is 9.52. The molecule has 1 aromatic rings. The quantitative estimate of drug-likeness (QED) is 0.853. The molecule has 5 heteroatoms. The molecule has 1 N–H and O–H groups in total. The van der Waals surface area contributed by atoms with E-state index in [4.69, 9.17) is 16.1 Å². The van der Waals surface area contributed by atoms with E-state index >= 15 is 0 Å². The molecule has 3 aliphatic rings. The van der Waals surface area contributed by atoms with E-state index in [2.05, 4.69) is 33.6 Å². The van der Waals surface area contributed by atoms with E-state index in [9.17, 15) is 0 Å². The van der Waals surface area contributed by atoms with Gasteiger partial charge in [0.15, 0.2) is 5.76 Å². The van der Waals surface area contributed by atoms with Crippen molar-refractivity contribution < 1.29 is 4.52 Å². The maximum absolute atomic E-state index is 6.18. The molecular weight excluding hydrogens is 286 g/mol. The molecule has 2 fully saturated rings. The Kier molecular flexibility index (Phi) is 3.61. The van der Waals surface area contributed by atoms with Crippen LogP contribution >= 0.6 is 11.6 Å². The van der Waals surface area contributed by atoms with Crippen LogP contribution in [-0.4, -0.2) is 41.1 Å². The Morgan fingerprint density at radius 3 is 3.24 bits per heavy atom. The molecule has 0 aromatic carbocycles. The van der Waals surface area contributed by atoms with Crippen LogP contribution in [0.2, 0.25) is 0 Å². The van der Waals surface area contributed by atoms with E-state index in [0.29, 0.717) is 12.1 Å². The van der Waals surface area contributed by atoms with Crippen molar-refractivity contribution in [3.8, 4) is 0 Å². The SMILES string of the molecule is ClC1C=C(c2cc([C@H]3CC[C@H]4CNCCN43)no2)C=CC1. The Labute approximate surface area is 129 Å². The number of nitrogens with one attached hydrogen (secondary N) is 1. The average Bonchev–Trinajstić information content (AvgIpc) is 3.14. The second-order valence-electron chi connectivity index (χ2n) is 6.08. The van der Waals surface area contributed by atoms with Crippen molar-refractivity contribution in [3.05, 3.63) is 35.7 Å². The molecule has 4 rings (SSSR count). The van der Waals surface area contributed by atoms with Crippen molar-refractivity contribution in [1.82, 2.24) is 15.4 Å². The van der Waals surface area contributed by atoms with Crippen LogP contribution in [0, 0.1) is 0 Å². The van der Waals surface area contributed by atoms with Crippen molar-refractivity contribution in [3.63, 3.8) is 0 Å². The van der Waals surface area contributed by atoms with E-state index < -0.39 is 0 Å². The summed E-state index contributed by atoms with van der Waals surface area (Å²) < 4.78 is 5.57. The fourth-order valence-electron chi connectivity index (χ4n) is 3.68. The molecule has 2 aliphatic heterocycles. The highest BCUT2D eigenvalue weighted by molar-refractivity contribution is 6.22. The first kappa shape index (κ1) is 13.6. The van der Waals surface area contributed by atoms with Crippen LogP contribution in [0.1, 0.15) is 36.8 Å². The molecule has 0 bridgehead atoms. The summed E-state index contributed by atoms with van der Waals surface area (Å²) in [5.74, 6) is 0.838. The second kappa shape index (κ2) is 5.59. The summed E-state index contributed by atoms with van der Waals surface area (Å²) in [6, 6.07) is 3.17. The Bertz CT molecular complexity index is 580. The maximum atomic E-state index is 6.18. The number of piperazine rings is 1. The number of nitrogens with zero attached hydrogens (tertiary/aromatic N) is 2. The third-order valence-electron chi connectivity index (χ3n) is 4.74. The fourth-order valence-corrected chi connectivity index (χ4v) is 3.92. The Balaban J connectivity index is 1.56. The van der Waals surface area contributed by atoms with Crippen LogP contribution in [0.5, 0.6) is 0 Å². The number of aromatic nitrogens is 1. The van der Waals surface area contributed by atoms with Gasteiger partial charge in [-0.15, -0.1) is 11.6 Å². The normalized spacial score (nSPS) is 33.0. The molecule has 112 valence electrons. The molecule has 1 unspecified atom stereocenters. The number of allylic oxidation sites excluding steroid dienone is 4. The number of alkyl halides is 1. The van der Waals surface area contributed by atoms with E-state index in [1.54, 1.807) is 0 Å².